The van der Waals surface area contributed by atoms with Crippen LogP contribution in [-0.4, -0.2) is 61.9 Å². The van der Waals surface area contributed by atoms with Gasteiger partial charge in [-0.25, -0.2) is 4.98 Å². The van der Waals surface area contributed by atoms with Gasteiger partial charge in [-0.05, 0) is 25.5 Å². The largest absolute Gasteiger partial charge is 0.382 e. The zero-order valence-corrected chi connectivity index (χ0v) is 15.2. The minimum absolute atomic E-state index is 0.635. The Morgan fingerprint density at radius 1 is 1.24 bits per heavy atom. The number of methoxy groups -OCH3 is 1. The molecule has 0 aliphatic heterocycles. The maximum absolute atomic E-state index is 5.44. The summed E-state index contributed by atoms with van der Waals surface area (Å²) in [5.41, 5.74) is 2.05. The molecule has 25 heavy (non-hydrogen) atoms. The predicted octanol–water partition coefficient (Wildman–Crippen LogP) is 1.49. The molecule has 0 saturated heterocycles. The summed E-state index contributed by atoms with van der Waals surface area (Å²) in [6.07, 6.45) is 5.83. The fourth-order valence-electron chi connectivity index (χ4n) is 2.36. The molecule has 138 valence electrons. The highest BCUT2D eigenvalue weighted by Crippen LogP contribution is 2.04. The van der Waals surface area contributed by atoms with Crippen molar-refractivity contribution in [3.63, 3.8) is 0 Å². The van der Waals surface area contributed by atoms with Gasteiger partial charge in [0.25, 0.3) is 0 Å². The molecule has 0 aliphatic rings. The molecule has 2 heterocycles. The van der Waals surface area contributed by atoms with Crippen molar-refractivity contribution in [2.75, 3.05) is 46.6 Å². The van der Waals surface area contributed by atoms with Gasteiger partial charge in [0.2, 0.25) is 0 Å². The highest BCUT2D eigenvalue weighted by atomic mass is 16.5. The van der Waals surface area contributed by atoms with E-state index in [4.69, 9.17) is 9.47 Å². The van der Waals surface area contributed by atoms with Crippen molar-refractivity contribution in [3.8, 4) is 0 Å². The topological polar surface area (TPSA) is 72.2 Å². The lowest BCUT2D eigenvalue weighted by Crippen LogP contribution is -2.38. The molecule has 0 bridgehead atoms. The van der Waals surface area contributed by atoms with E-state index in [1.165, 1.54) is 0 Å². The number of ether oxygens (including phenoxy) is 2. The molecule has 0 radical (unpaired) electrons. The Hall–Kier alpha value is -2.12. The van der Waals surface area contributed by atoms with E-state index >= 15 is 0 Å². The molecular weight excluding hydrogens is 318 g/mol. The molecule has 2 N–H and O–H groups in total. The van der Waals surface area contributed by atoms with E-state index in [2.05, 4.69) is 33.7 Å². The van der Waals surface area contributed by atoms with Gasteiger partial charge in [-0.3, -0.25) is 4.99 Å². The van der Waals surface area contributed by atoms with Crippen LogP contribution in [0.5, 0.6) is 0 Å². The van der Waals surface area contributed by atoms with Crippen LogP contribution in [0.2, 0.25) is 0 Å². The van der Waals surface area contributed by atoms with Gasteiger partial charge in [-0.15, -0.1) is 0 Å². The second kappa shape index (κ2) is 11.4. The molecule has 2 rings (SSSR count). The number of guanidine groups is 1. The minimum Gasteiger partial charge on any atom is -0.382 e. The lowest BCUT2D eigenvalue weighted by atomic mass is 10.3. The quantitative estimate of drug-likeness (QED) is 0.366. The normalized spacial score (nSPS) is 11.8. The zero-order chi connectivity index (χ0) is 17.7. The standard InChI is InChI=1S/C18H29N5O2/c1-3-19-18(20-9-6-12-25-14-13-24-2)21-10-8-16-15-23-11-5-4-7-17(23)22-16/h4-5,7,11,15H,3,6,8-10,12-14H2,1-2H3,(H2,19,20,21). The van der Waals surface area contributed by atoms with Gasteiger partial charge in [0.15, 0.2) is 5.96 Å². The molecule has 2 aromatic rings. The summed E-state index contributed by atoms with van der Waals surface area (Å²) in [5.74, 6) is 0.836. The van der Waals surface area contributed by atoms with Crippen LogP contribution in [0.1, 0.15) is 19.0 Å². The van der Waals surface area contributed by atoms with E-state index in [9.17, 15) is 0 Å². The average Bonchev–Trinajstić information content (AvgIpc) is 3.03. The third-order valence-electron chi connectivity index (χ3n) is 3.58. The second-order valence-electron chi connectivity index (χ2n) is 5.59. The molecule has 0 amide bonds. The van der Waals surface area contributed by atoms with Gasteiger partial charge in [-0.2, -0.15) is 0 Å². The fraction of sp³-hybridized carbons (Fsp3) is 0.556. The maximum atomic E-state index is 5.44. The molecule has 0 saturated carbocycles. The number of aliphatic imine (C=N–C) groups is 1. The summed E-state index contributed by atoms with van der Waals surface area (Å²) in [4.78, 5) is 9.17. The number of nitrogens with zero attached hydrogens (tertiary/aromatic N) is 3. The van der Waals surface area contributed by atoms with Crippen LogP contribution in [-0.2, 0) is 15.9 Å². The Bertz CT molecular complexity index is 608. The van der Waals surface area contributed by atoms with Crippen LogP contribution in [0.4, 0.5) is 0 Å². The van der Waals surface area contributed by atoms with Crippen LogP contribution in [0.3, 0.4) is 0 Å². The number of rotatable bonds is 11. The molecule has 0 unspecified atom stereocenters. The molecule has 7 heteroatoms. The van der Waals surface area contributed by atoms with Gasteiger partial charge < -0.3 is 24.5 Å². The van der Waals surface area contributed by atoms with E-state index in [1.54, 1.807) is 7.11 Å². The second-order valence-corrected chi connectivity index (χ2v) is 5.59. The Morgan fingerprint density at radius 2 is 2.16 bits per heavy atom. The number of nitrogens with one attached hydrogen (secondary N) is 2. The number of aromatic nitrogens is 2. The van der Waals surface area contributed by atoms with E-state index < -0.39 is 0 Å². The van der Waals surface area contributed by atoms with Crippen molar-refractivity contribution < 1.29 is 9.47 Å². The summed E-state index contributed by atoms with van der Waals surface area (Å²) >= 11 is 0. The van der Waals surface area contributed by atoms with Crippen molar-refractivity contribution >= 4 is 11.6 Å². The molecular formula is C18H29N5O2. The first-order valence-corrected chi connectivity index (χ1v) is 8.85. The Morgan fingerprint density at radius 3 is 2.96 bits per heavy atom. The van der Waals surface area contributed by atoms with Crippen molar-refractivity contribution in [1.29, 1.82) is 0 Å². The molecule has 0 spiro atoms. The molecule has 0 aromatic carbocycles. The third kappa shape index (κ3) is 7.11. The summed E-state index contributed by atoms with van der Waals surface area (Å²) in [6.45, 7) is 6.40. The van der Waals surface area contributed by atoms with Crippen LogP contribution in [0.25, 0.3) is 5.65 Å². The van der Waals surface area contributed by atoms with E-state index in [1.807, 2.05) is 28.8 Å². The first kappa shape index (κ1) is 19.2. The van der Waals surface area contributed by atoms with Crippen molar-refractivity contribution in [1.82, 2.24) is 20.0 Å². The predicted molar refractivity (Wildman–Crippen MR) is 100 cm³/mol. The zero-order valence-electron chi connectivity index (χ0n) is 15.2. The average molecular weight is 347 g/mol. The van der Waals surface area contributed by atoms with E-state index in [0.717, 1.165) is 49.8 Å². The number of pyridine rings is 1. The first-order chi connectivity index (χ1) is 12.3. The molecule has 7 nitrogen and oxygen atoms in total. The highest BCUT2D eigenvalue weighted by Gasteiger charge is 2.02. The van der Waals surface area contributed by atoms with Crippen molar-refractivity contribution in [2.24, 2.45) is 4.99 Å². The lowest BCUT2D eigenvalue weighted by molar-refractivity contribution is 0.0702. The van der Waals surface area contributed by atoms with Gasteiger partial charge in [0.1, 0.15) is 5.65 Å². The maximum Gasteiger partial charge on any atom is 0.191 e. The van der Waals surface area contributed by atoms with Gasteiger partial charge in [0, 0.05) is 52.2 Å². The minimum atomic E-state index is 0.635. The number of hydrogen-bond donors (Lipinski definition) is 2. The van der Waals surface area contributed by atoms with Crippen molar-refractivity contribution in [3.05, 3.63) is 36.3 Å². The van der Waals surface area contributed by atoms with Crippen LogP contribution < -0.4 is 10.6 Å². The third-order valence-corrected chi connectivity index (χ3v) is 3.58. The van der Waals surface area contributed by atoms with Crippen LogP contribution >= 0.6 is 0 Å². The van der Waals surface area contributed by atoms with Gasteiger partial charge in [-0.1, -0.05) is 6.07 Å². The molecule has 2 aromatic heterocycles. The summed E-state index contributed by atoms with van der Waals surface area (Å²) < 4.78 is 12.4. The van der Waals surface area contributed by atoms with E-state index in [0.29, 0.717) is 19.8 Å². The Balaban J connectivity index is 1.70. The smallest absolute Gasteiger partial charge is 0.191 e. The lowest BCUT2D eigenvalue weighted by Gasteiger charge is -2.10. The number of fused-ring (bicyclic) bond motifs is 1. The van der Waals surface area contributed by atoms with Gasteiger partial charge in [0.05, 0.1) is 18.9 Å². The monoisotopic (exact) mass is 347 g/mol. The molecule has 0 fully saturated rings. The summed E-state index contributed by atoms with van der Waals surface area (Å²) in [5, 5.41) is 6.61. The molecule has 0 atom stereocenters. The van der Waals surface area contributed by atoms with Crippen molar-refractivity contribution in [2.45, 2.75) is 19.8 Å². The summed E-state index contributed by atoms with van der Waals surface area (Å²) in [6, 6.07) is 6.02. The Labute approximate surface area is 149 Å². The first-order valence-electron chi connectivity index (χ1n) is 8.85. The van der Waals surface area contributed by atoms with Crippen LogP contribution in [0.15, 0.2) is 35.6 Å². The highest BCUT2D eigenvalue weighted by molar-refractivity contribution is 5.79. The Kier molecular flexibility index (Phi) is 8.79. The van der Waals surface area contributed by atoms with E-state index in [-0.39, 0.29) is 0 Å². The number of hydrogen-bond acceptors (Lipinski definition) is 4. The number of imidazole rings is 1. The van der Waals surface area contributed by atoms with Gasteiger partial charge >= 0.3 is 0 Å². The molecule has 0 aliphatic carbocycles. The fourth-order valence-corrected chi connectivity index (χ4v) is 2.36. The van der Waals surface area contributed by atoms with Crippen LogP contribution in [0, 0.1) is 0 Å². The SMILES string of the molecule is CCNC(=NCCCOCCOC)NCCc1cn2ccccc2n1. The summed E-state index contributed by atoms with van der Waals surface area (Å²) in [7, 11) is 1.67.